The van der Waals surface area contributed by atoms with Crippen LogP contribution in [0, 0.1) is 5.92 Å². The van der Waals surface area contributed by atoms with Gasteiger partial charge in [0.25, 0.3) is 0 Å². The first kappa shape index (κ1) is 11.5. The van der Waals surface area contributed by atoms with Gasteiger partial charge in [0.05, 0.1) is 0 Å². The van der Waals surface area contributed by atoms with Crippen molar-refractivity contribution in [3.8, 4) is 0 Å². The second-order valence-electron chi connectivity index (χ2n) is 3.98. The number of nitrogens with one attached hydrogen (secondary N) is 2. The summed E-state index contributed by atoms with van der Waals surface area (Å²) in [6.45, 7) is 4.67. The summed E-state index contributed by atoms with van der Waals surface area (Å²) in [5.41, 5.74) is 2.96. The van der Waals surface area contributed by atoms with Crippen molar-refractivity contribution in [3.05, 3.63) is 0 Å². The summed E-state index contributed by atoms with van der Waals surface area (Å²) in [4.78, 5) is 11.6. The number of nitrogens with zero attached hydrogens (tertiary/aromatic N) is 1. The third-order valence-electron chi connectivity index (χ3n) is 2.58. The Morgan fingerprint density at radius 3 is 2.57 bits per heavy atom. The Bertz CT molecular complexity index is 178. The maximum Gasteiger partial charge on any atom is 0.238 e. The van der Waals surface area contributed by atoms with Crippen molar-refractivity contribution in [1.82, 2.24) is 15.8 Å². The molecule has 0 saturated carbocycles. The van der Waals surface area contributed by atoms with E-state index in [4.69, 9.17) is 0 Å². The molecule has 0 aromatic rings. The molecular formula is C10H21N3O. The fourth-order valence-corrected chi connectivity index (χ4v) is 1.67. The number of amides is 1. The van der Waals surface area contributed by atoms with Crippen molar-refractivity contribution in [2.75, 3.05) is 26.7 Å². The summed E-state index contributed by atoms with van der Waals surface area (Å²) in [6, 6.07) is 0. The Kier molecular flexibility index (Phi) is 4.90. The Balaban J connectivity index is 2.24. The van der Waals surface area contributed by atoms with E-state index < -0.39 is 0 Å². The van der Waals surface area contributed by atoms with Gasteiger partial charge in [0.2, 0.25) is 5.91 Å². The zero-order valence-corrected chi connectivity index (χ0v) is 9.18. The van der Waals surface area contributed by atoms with E-state index in [-0.39, 0.29) is 11.8 Å². The van der Waals surface area contributed by atoms with Gasteiger partial charge >= 0.3 is 0 Å². The first-order valence-electron chi connectivity index (χ1n) is 5.44. The molecule has 1 amide bonds. The highest BCUT2D eigenvalue weighted by atomic mass is 16.2. The van der Waals surface area contributed by atoms with E-state index in [1.807, 2.05) is 19.0 Å². The van der Waals surface area contributed by atoms with Gasteiger partial charge in [-0.1, -0.05) is 13.3 Å². The van der Waals surface area contributed by atoms with Crippen molar-refractivity contribution < 1.29 is 4.79 Å². The molecule has 4 heteroatoms. The number of hydrogen-bond acceptors (Lipinski definition) is 3. The quantitative estimate of drug-likeness (QED) is 0.687. The standard InChI is InChI=1S/C10H21N3O/c1-9(8-11-2)10(14)12-13-6-4-3-5-7-13/h9,11H,3-8H2,1-2H3,(H,12,14). The van der Waals surface area contributed by atoms with Crippen LogP contribution < -0.4 is 10.7 Å². The minimum Gasteiger partial charge on any atom is -0.319 e. The molecule has 0 aromatic heterocycles. The molecule has 1 atom stereocenters. The number of carbonyl (C=O) groups excluding carboxylic acids is 1. The van der Waals surface area contributed by atoms with E-state index in [0.717, 1.165) is 19.6 Å². The summed E-state index contributed by atoms with van der Waals surface area (Å²) in [5, 5.41) is 5.05. The lowest BCUT2D eigenvalue weighted by atomic mass is 10.1. The van der Waals surface area contributed by atoms with Gasteiger partial charge in [-0.2, -0.15) is 0 Å². The van der Waals surface area contributed by atoms with Crippen LogP contribution in [-0.2, 0) is 4.79 Å². The van der Waals surface area contributed by atoms with Crippen LogP contribution >= 0.6 is 0 Å². The molecule has 1 saturated heterocycles. The molecule has 0 radical (unpaired) electrons. The smallest absolute Gasteiger partial charge is 0.238 e. The molecule has 0 aromatic carbocycles. The molecule has 0 bridgehead atoms. The lowest BCUT2D eigenvalue weighted by molar-refractivity contribution is -0.129. The third-order valence-corrected chi connectivity index (χ3v) is 2.58. The molecule has 0 aliphatic carbocycles. The highest BCUT2D eigenvalue weighted by Crippen LogP contribution is 2.06. The largest absolute Gasteiger partial charge is 0.319 e. The monoisotopic (exact) mass is 199 g/mol. The van der Waals surface area contributed by atoms with Gasteiger partial charge < -0.3 is 5.32 Å². The van der Waals surface area contributed by atoms with Gasteiger partial charge in [-0.15, -0.1) is 0 Å². The average molecular weight is 199 g/mol. The van der Waals surface area contributed by atoms with Crippen LogP contribution in [-0.4, -0.2) is 37.6 Å². The molecule has 1 unspecified atom stereocenters. The fraction of sp³-hybridized carbons (Fsp3) is 0.900. The van der Waals surface area contributed by atoms with Crippen molar-refractivity contribution in [1.29, 1.82) is 0 Å². The average Bonchev–Trinajstić information content (AvgIpc) is 2.19. The van der Waals surface area contributed by atoms with Crippen molar-refractivity contribution in [2.24, 2.45) is 5.92 Å². The Morgan fingerprint density at radius 2 is 2.00 bits per heavy atom. The second-order valence-corrected chi connectivity index (χ2v) is 3.98. The predicted molar refractivity (Wildman–Crippen MR) is 56.7 cm³/mol. The zero-order chi connectivity index (χ0) is 10.4. The topological polar surface area (TPSA) is 44.4 Å². The Hall–Kier alpha value is -0.610. The van der Waals surface area contributed by atoms with Crippen LogP contribution in [0.5, 0.6) is 0 Å². The van der Waals surface area contributed by atoms with Crippen LogP contribution in [0.15, 0.2) is 0 Å². The summed E-state index contributed by atoms with van der Waals surface area (Å²) in [7, 11) is 1.87. The molecule has 0 spiro atoms. The number of rotatable bonds is 4. The van der Waals surface area contributed by atoms with E-state index in [9.17, 15) is 4.79 Å². The summed E-state index contributed by atoms with van der Waals surface area (Å²) < 4.78 is 0. The Morgan fingerprint density at radius 1 is 1.36 bits per heavy atom. The molecule has 1 rings (SSSR count). The molecule has 14 heavy (non-hydrogen) atoms. The first-order valence-corrected chi connectivity index (χ1v) is 5.44. The van der Waals surface area contributed by atoms with Gasteiger partial charge in [0.1, 0.15) is 0 Å². The minimum atomic E-state index is 0.0435. The maximum atomic E-state index is 11.6. The van der Waals surface area contributed by atoms with Crippen molar-refractivity contribution in [2.45, 2.75) is 26.2 Å². The van der Waals surface area contributed by atoms with Crippen LogP contribution in [0.2, 0.25) is 0 Å². The van der Waals surface area contributed by atoms with Crippen LogP contribution in [0.3, 0.4) is 0 Å². The lowest BCUT2D eigenvalue weighted by Crippen LogP contribution is -2.48. The Labute approximate surface area is 86.0 Å². The molecule has 1 heterocycles. The molecule has 4 nitrogen and oxygen atoms in total. The summed E-state index contributed by atoms with van der Waals surface area (Å²) in [6.07, 6.45) is 3.68. The maximum absolute atomic E-state index is 11.6. The van der Waals surface area contributed by atoms with Crippen molar-refractivity contribution >= 4 is 5.91 Å². The second kappa shape index (κ2) is 5.98. The van der Waals surface area contributed by atoms with Gasteiger partial charge in [-0.05, 0) is 19.9 Å². The lowest BCUT2D eigenvalue weighted by Gasteiger charge is -2.28. The van der Waals surface area contributed by atoms with E-state index >= 15 is 0 Å². The molecule has 82 valence electrons. The molecule has 1 fully saturated rings. The summed E-state index contributed by atoms with van der Waals surface area (Å²) in [5.74, 6) is 0.170. The number of carbonyl (C=O) groups is 1. The normalized spacial score (nSPS) is 20.4. The molecule has 1 aliphatic rings. The molecule has 2 N–H and O–H groups in total. The van der Waals surface area contributed by atoms with Gasteiger partial charge in [-0.3, -0.25) is 10.2 Å². The first-order chi connectivity index (χ1) is 6.74. The van der Waals surface area contributed by atoms with Crippen molar-refractivity contribution in [3.63, 3.8) is 0 Å². The van der Waals surface area contributed by atoms with E-state index in [1.165, 1.54) is 19.3 Å². The van der Waals surface area contributed by atoms with Gasteiger partial charge in [0, 0.05) is 25.6 Å². The number of piperidine rings is 1. The third kappa shape index (κ3) is 3.64. The zero-order valence-electron chi connectivity index (χ0n) is 9.18. The number of hydrogen-bond donors (Lipinski definition) is 2. The molecular weight excluding hydrogens is 178 g/mol. The van der Waals surface area contributed by atoms with E-state index in [2.05, 4.69) is 10.7 Å². The number of hydrazine groups is 1. The van der Waals surface area contributed by atoms with E-state index in [1.54, 1.807) is 0 Å². The SMILES string of the molecule is CNCC(C)C(=O)NN1CCCCC1. The van der Waals surface area contributed by atoms with Crippen LogP contribution in [0.4, 0.5) is 0 Å². The van der Waals surface area contributed by atoms with Gasteiger partial charge in [-0.25, -0.2) is 5.01 Å². The molecule has 1 aliphatic heterocycles. The highest BCUT2D eigenvalue weighted by Gasteiger charge is 2.16. The fourth-order valence-electron chi connectivity index (χ4n) is 1.67. The van der Waals surface area contributed by atoms with Gasteiger partial charge in [0.15, 0.2) is 0 Å². The van der Waals surface area contributed by atoms with Crippen LogP contribution in [0.25, 0.3) is 0 Å². The van der Waals surface area contributed by atoms with Crippen LogP contribution in [0.1, 0.15) is 26.2 Å². The predicted octanol–water partition coefficient (Wildman–Crippen LogP) is 0.359. The minimum absolute atomic E-state index is 0.0435. The van der Waals surface area contributed by atoms with E-state index in [0.29, 0.717) is 0 Å². The summed E-state index contributed by atoms with van der Waals surface area (Å²) >= 11 is 0. The highest BCUT2D eigenvalue weighted by molar-refractivity contribution is 5.77.